The van der Waals surface area contributed by atoms with Gasteiger partial charge in [-0.2, -0.15) is 0 Å². The lowest BCUT2D eigenvalue weighted by Crippen LogP contribution is -2.33. The third-order valence-corrected chi connectivity index (χ3v) is 6.71. The van der Waals surface area contributed by atoms with E-state index in [1.807, 2.05) is 42.2 Å². The van der Waals surface area contributed by atoms with Crippen molar-refractivity contribution in [2.45, 2.75) is 33.2 Å². The number of carbonyl (C=O) groups excluding carboxylic acids is 2. The molecule has 0 aromatic heterocycles. The Kier molecular flexibility index (Phi) is 10.3. The summed E-state index contributed by atoms with van der Waals surface area (Å²) in [5.74, 6) is -0.439. The van der Waals surface area contributed by atoms with Crippen molar-refractivity contribution in [2.24, 2.45) is 0 Å². The predicted octanol–water partition coefficient (Wildman–Crippen LogP) is 6.60. The third-order valence-electron chi connectivity index (χ3n) is 5.88. The molecular formula is C27H30Cl2N2O6. The number of methoxy groups -OCH3 is 1. The van der Waals surface area contributed by atoms with Crippen molar-refractivity contribution >= 4 is 35.5 Å². The minimum Gasteiger partial charge on any atom is -0.437 e. The van der Waals surface area contributed by atoms with E-state index in [0.717, 1.165) is 5.56 Å². The smallest absolute Gasteiger partial charge is 0.437 e. The van der Waals surface area contributed by atoms with Crippen molar-refractivity contribution in [2.75, 3.05) is 26.8 Å². The van der Waals surface area contributed by atoms with Gasteiger partial charge in [-0.25, -0.2) is 9.59 Å². The molecule has 2 aromatic rings. The van der Waals surface area contributed by atoms with Crippen LogP contribution in [0.25, 0.3) is 0 Å². The van der Waals surface area contributed by atoms with Crippen LogP contribution in [0, 0.1) is 0 Å². The zero-order valence-corrected chi connectivity index (χ0v) is 22.7. The molecular weight excluding hydrogens is 519 g/mol. The van der Waals surface area contributed by atoms with Crippen LogP contribution in [0.4, 0.5) is 9.59 Å². The molecule has 37 heavy (non-hydrogen) atoms. The quantitative estimate of drug-likeness (QED) is 0.277. The second-order valence-electron chi connectivity index (χ2n) is 8.14. The van der Waals surface area contributed by atoms with Crippen LogP contribution in [-0.4, -0.2) is 44.0 Å². The van der Waals surface area contributed by atoms with Crippen LogP contribution in [0.5, 0.6) is 0 Å². The third kappa shape index (κ3) is 6.97. The van der Waals surface area contributed by atoms with E-state index in [1.54, 1.807) is 32.0 Å². The molecule has 198 valence electrons. The first kappa shape index (κ1) is 28.4. The second kappa shape index (κ2) is 13.4. The summed E-state index contributed by atoms with van der Waals surface area (Å²) >= 11 is 12.8. The molecule has 3 rings (SSSR count). The maximum atomic E-state index is 12.7. The summed E-state index contributed by atoms with van der Waals surface area (Å²) in [5, 5.41) is 3.75. The van der Waals surface area contributed by atoms with Gasteiger partial charge in [-0.15, -0.1) is 0 Å². The minimum absolute atomic E-state index is 0.0957. The highest BCUT2D eigenvalue weighted by Gasteiger charge is 2.39. The van der Waals surface area contributed by atoms with Crippen LogP contribution in [0.2, 0.25) is 10.0 Å². The number of carbonyl (C=O) groups is 2. The summed E-state index contributed by atoms with van der Waals surface area (Å²) in [6.07, 6.45) is -1.81. The Morgan fingerprint density at radius 3 is 2.22 bits per heavy atom. The lowest BCUT2D eigenvalue weighted by molar-refractivity contribution is 0.0635. The Morgan fingerprint density at radius 2 is 1.59 bits per heavy atom. The number of hydrogen-bond donors (Lipinski definition) is 1. The van der Waals surface area contributed by atoms with E-state index >= 15 is 0 Å². The second-order valence-corrected chi connectivity index (χ2v) is 8.92. The van der Waals surface area contributed by atoms with Crippen molar-refractivity contribution in [3.63, 3.8) is 0 Å². The number of ether oxygens (including phenoxy) is 4. The van der Waals surface area contributed by atoms with Crippen molar-refractivity contribution < 1.29 is 28.5 Å². The Hall–Kier alpha value is -3.20. The van der Waals surface area contributed by atoms with Gasteiger partial charge in [0.2, 0.25) is 0 Å². The average molecular weight is 549 g/mol. The minimum atomic E-state index is -0.917. The van der Waals surface area contributed by atoms with Gasteiger partial charge in [-0.3, -0.25) is 0 Å². The van der Waals surface area contributed by atoms with E-state index in [-0.39, 0.29) is 23.1 Å². The molecule has 1 aliphatic rings. The van der Waals surface area contributed by atoms with E-state index in [1.165, 1.54) is 7.11 Å². The highest BCUT2D eigenvalue weighted by molar-refractivity contribution is 6.42. The van der Waals surface area contributed by atoms with Crippen LogP contribution in [0.3, 0.4) is 0 Å². The van der Waals surface area contributed by atoms with Gasteiger partial charge in [0.15, 0.2) is 0 Å². The number of halogens is 2. The van der Waals surface area contributed by atoms with Gasteiger partial charge in [0.1, 0.15) is 24.0 Å². The molecule has 1 N–H and O–H groups in total. The molecule has 0 saturated carbocycles. The van der Waals surface area contributed by atoms with Gasteiger partial charge in [-0.05, 0) is 38.0 Å². The number of hydrogen-bond acceptors (Lipinski definition) is 8. The van der Waals surface area contributed by atoms with Gasteiger partial charge < -0.3 is 29.2 Å². The summed E-state index contributed by atoms with van der Waals surface area (Å²) < 4.78 is 21.3. The highest BCUT2D eigenvalue weighted by Crippen LogP contribution is 2.46. The predicted molar refractivity (Wildman–Crippen MR) is 141 cm³/mol. The SMILES string of the molecule is CCN1C(C)=C(OC(=O)OC)C(c2cccc(Cl)c2Cl)C(OC(=O)OCCNCc2ccccc2)=C1C. The molecule has 0 amide bonds. The average Bonchev–Trinajstić information content (AvgIpc) is 2.89. The number of nitrogens with one attached hydrogen (secondary N) is 1. The first-order valence-corrected chi connectivity index (χ1v) is 12.5. The van der Waals surface area contributed by atoms with Gasteiger partial charge in [0.25, 0.3) is 0 Å². The fourth-order valence-corrected chi connectivity index (χ4v) is 4.52. The van der Waals surface area contributed by atoms with E-state index in [0.29, 0.717) is 41.6 Å². The van der Waals surface area contributed by atoms with Crippen LogP contribution in [0.1, 0.15) is 37.8 Å². The highest BCUT2D eigenvalue weighted by atomic mass is 35.5. The largest absolute Gasteiger partial charge is 0.513 e. The molecule has 2 aromatic carbocycles. The summed E-state index contributed by atoms with van der Waals surface area (Å²) in [5.41, 5.74) is 2.89. The molecule has 1 aliphatic heterocycles. The zero-order valence-electron chi connectivity index (χ0n) is 21.2. The zero-order chi connectivity index (χ0) is 26.9. The van der Waals surface area contributed by atoms with Crippen LogP contribution >= 0.6 is 23.2 Å². The maximum Gasteiger partial charge on any atom is 0.513 e. The molecule has 0 radical (unpaired) electrons. The summed E-state index contributed by atoms with van der Waals surface area (Å²) in [6.45, 7) is 7.21. The molecule has 1 atom stereocenters. The molecule has 0 fully saturated rings. The normalized spacial score (nSPS) is 15.5. The van der Waals surface area contributed by atoms with Crippen LogP contribution < -0.4 is 5.32 Å². The Bertz CT molecular complexity index is 1180. The van der Waals surface area contributed by atoms with Crippen molar-refractivity contribution in [3.8, 4) is 0 Å². The monoisotopic (exact) mass is 548 g/mol. The van der Waals surface area contributed by atoms with Gasteiger partial charge in [0.05, 0.1) is 28.5 Å². The molecule has 1 heterocycles. The number of allylic oxidation sites excluding steroid dienone is 2. The topological polar surface area (TPSA) is 86.3 Å². The summed E-state index contributed by atoms with van der Waals surface area (Å²) in [4.78, 5) is 26.8. The molecule has 8 nitrogen and oxygen atoms in total. The van der Waals surface area contributed by atoms with E-state index in [4.69, 9.17) is 42.1 Å². The number of rotatable bonds is 9. The maximum absolute atomic E-state index is 12.7. The van der Waals surface area contributed by atoms with Crippen molar-refractivity contribution in [1.29, 1.82) is 0 Å². The van der Waals surface area contributed by atoms with E-state index in [9.17, 15) is 9.59 Å². The number of benzene rings is 2. The molecule has 0 aliphatic carbocycles. The number of nitrogens with zero attached hydrogens (tertiary/aromatic N) is 1. The Labute approximate surface area is 226 Å². The molecule has 1 unspecified atom stereocenters. The fraction of sp³-hybridized carbons (Fsp3) is 0.333. The summed E-state index contributed by atoms with van der Waals surface area (Å²) in [7, 11) is 1.21. The molecule has 0 saturated heterocycles. The lowest BCUT2D eigenvalue weighted by atomic mass is 9.89. The van der Waals surface area contributed by atoms with Gasteiger partial charge in [0, 0.05) is 19.6 Å². The molecule has 10 heteroatoms. The van der Waals surface area contributed by atoms with Gasteiger partial charge in [-0.1, -0.05) is 65.7 Å². The van der Waals surface area contributed by atoms with Crippen molar-refractivity contribution in [3.05, 3.63) is 92.6 Å². The molecule has 0 bridgehead atoms. The first-order chi connectivity index (χ1) is 17.8. The van der Waals surface area contributed by atoms with Crippen LogP contribution in [-0.2, 0) is 25.5 Å². The summed E-state index contributed by atoms with van der Waals surface area (Å²) in [6, 6.07) is 15.0. The fourth-order valence-electron chi connectivity index (χ4n) is 4.11. The van der Waals surface area contributed by atoms with Gasteiger partial charge >= 0.3 is 12.3 Å². The molecule has 0 spiro atoms. The van der Waals surface area contributed by atoms with Crippen LogP contribution in [0.15, 0.2) is 71.4 Å². The van der Waals surface area contributed by atoms with E-state index < -0.39 is 18.2 Å². The lowest BCUT2D eigenvalue weighted by Gasteiger charge is -2.37. The standard InChI is InChI=1S/C27H30Cl2N2O6/c1-5-31-17(2)24(36-26(32)34-4)22(20-12-9-13-21(28)23(20)29)25(18(31)3)37-27(33)35-15-14-30-16-19-10-7-6-8-11-19/h6-13,22,30H,5,14-16H2,1-4H3. The van der Waals surface area contributed by atoms with E-state index in [2.05, 4.69) is 5.32 Å². The Morgan fingerprint density at radius 1 is 0.946 bits per heavy atom. The van der Waals surface area contributed by atoms with Crippen molar-refractivity contribution in [1.82, 2.24) is 10.2 Å². The Balaban J connectivity index is 1.83. The first-order valence-electron chi connectivity index (χ1n) is 11.8.